The van der Waals surface area contributed by atoms with E-state index in [1.54, 1.807) is 12.3 Å². The van der Waals surface area contributed by atoms with Crippen LogP contribution >= 0.6 is 0 Å². The Labute approximate surface area is 108 Å². The Bertz CT molecular complexity index is 525. The average molecular weight is 242 g/mol. The van der Waals surface area contributed by atoms with E-state index in [2.05, 4.69) is 24.9 Å². The molecule has 0 aliphatic heterocycles. The molecular weight excluding hydrogens is 224 g/mol. The van der Waals surface area contributed by atoms with Gasteiger partial charge in [0.2, 0.25) is 0 Å². The molecular formula is C15H18N2O. The molecule has 2 N–H and O–H groups in total. The van der Waals surface area contributed by atoms with Crippen molar-refractivity contribution in [3.63, 3.8) is 0 Å². The van der Waals surface area contributed by atoms with Gasteiger partial charge >= 0.3 is 0 Å². The number of para-hydroxylation sites is 1. The van der Waals surface area contributed by atoms with E-state index in [0.717, 1.165) is 17.9 Å². The van der Waals surface area contributed by atoms with E-state index in [1.165, 1.54) is 5.56 Å². The molecule has 3 heteroatoms. The molecule has 1 atom stereocenters. The molecule has 0 aliphatic rings. The lowest BCUT2D eigenvalue weighted by Crippen LogP contribution is -1.97. The molecule has 3 nitrogen and oxygen atoms in total. The highest BCUT2D eigenvalue weighted by molar-refractivity contribution is 5.42. The summed E-state index contributed by atoms with van der Waals surface area (Å²) < 4.78 is 5.89. The summed E-state index contributed by atoms with van der Waals surface area (Å²) in [5.41, 5.74) is 6.86. The first-order valence-corrected chi connectivity index (χ1v) is 6.19. The van der Waals surface area contributed by atoms with Crippen molar-refractivity contribution >= 4 is 5.82 Å². The number of rotatable bonds is 4. The van der Waals surface area contributed by atoms with Crippen molar-refractivity contribution in [1.29, 1.82) is 0 Å². The number of nitrogen functional groups attached to an aromatic ring is 1. The quantitative estimate of drug-likeness (QED) is 0.882. The number of pyridine rings is 1. The Balaban J connectivity index is 2.29. The molecule has 0 spiro atoms. The first-order chi connectivity index (χ1) is 8.70. The predicted octanol–water partition coefficient (Wildman–Crippen LogP) is 3.97. The zero-order chi connectivity index (χ0) is 13.0. The Morgan fingerprint density at radius 3 is 2.78 bits per heavy atom. The topological polar surface area (TPSA) is 48.1 Å². The summed E-state index contributed by atoms with van der Waals surface area (Å²) in [5, 5.41) is 0. The molecule has 2 rings (SSSR count). The van der Waals surface area contributed by atoms with Crippen LogP contribution in [0.4, 0.5) is 5.82 Å². The molecule has 18 heavy (non-hydrogen) atoms. The van der Waals surface area contributed by atoms with Crippen molar-refractivity contribution < 1.29 is 4.74 Å². The smallest absolute Gasteiger partial charge is 0.132 e. The summed E-state index contributed by atoms with van der Waals surface area (Å²) in [5.74, 6) is 2.55. The first kappa shape index (κ1) is 12.4. The highest BCUT2D eigenvalue weighted by Crippen LogP contribution is 2.32. The number of aromatic nitrogens is 1. The maximum absolute atomic E-state index is 5.89. The van der Waals surface area contributed by atoms with Crippen molar-refractivity contribution in [2.24, 2.45) is 0 Å². The van der Waals surface area contributed by atoms with Crippen molar-refractivity contribution in [3.05, 3.63) is 48.2 Å². The number of benzene rings is 1. The molecule has 0 saturated carbocycles. The summed E-state index contributed by atoms with van der Waals surface area (Å²) in [4.78, 5) is 3.95. The Kier molecular flexibility index (Phi) is 3.82. The third-order valence-electron chi connectivity index (χ3n) is 3.04. The molecule has 0 bridgehead atoms. The van der Waals surface area contributed by atoms with Crippen LogP contribution in [0.3, 0.4) is 0 Å². The van der Waals surface area contributed by atoms with Gasteiger partial charge in [-0.2, -0.15) is 0 Å². The van der Waals surface area contributed by atoms with Crippen molar-refractivity contribution in [2.45, 2.75) is 26.2 Å². The molecule has 0 amide bonds. The van der Waals surface area contributed by atoms with Crippen LogP contribution in [0.2, 0.25) is 0 Å². The van der Waals surface area contributed by atoms with Gasteiger partial charge < -0.3 is 10.5 Å². The number of nitrogens with zero attached hydrogens (tertiary/aromatic N) is 1. The minimum atomic E-state index is 0.466. The fourth-order valence-electron chi connectivity index (χ4n) is 1.82. The summed E-state index contributed by atoms with van der Waals surface area (Å²) >= 11 is 0. The molecule has 1 aromatic carbocycles. The zero-order valence-electron chi connectivity index (χ0n) is 10.8. The second kappa shape index (κ2) is 5.54. The lowest BCUT2D eigenvalue weighted by Gasteiger charge is -2.15. The van der Waals surface area contributed by atoms with E-state index in [4.69, 9.17) is 10.5 Å². The van der Waals surface area contributed by atoms with Crippen LogP contribution in [0.15, 0.2) is 42.6 Å². The van der Waals surface area contributed by atoms with Crippen LogP contribution in [0.1, 0.15) is 31.7 Å². The Hall–Kier alpha value is -2.03. The second-order valence-electron chi connectivity index (χ2n) is 4.37. The number of nitrogens with two attached hydrogens (primary N) is 1. The number of hydrogen-bond acceptors (Lipinski definition) is 3. The highest BCUT2D eigenvalue weighted by Gasteiger charge is 2.10. The Morgan fingerprint density at radius 1 is 1.28 bits per heavy atom. The highest BCUT2D eigenvalue weighted by atomic mass is 16.5. The van der Waals surface area contributed by atoms with Crippen LogP contribution in [0.5, 0.6) is 11.5 Å². The van der Waals surface area contributed by atoms with E-state index >= 15 is 0 Å². The predicted molar refractivity (Wildman–Crippen MR) is 73.9 cm³/mol. The maximum Gasteiger partial charge on any atom is 0.132 e. The largest absolute Gasteiger partial charge is 0.457 e. The SMILES string of the molecule is CCC(C)c1ccccc1Oc1ccnc(N)c1. The minimum absolute atomic E-state index is 0.466. The molecule has 0 radical (unpaired) electrons. The standard InChI is InChI=1S/C15H18N2O/c1-3-11(2)13-6-4-5-7-14(13)18-12-8-9-17-15(16)10-12/h4-11H,3H2,1-2H3,(H2,16,17). The van der Waals surface area contributed by atoms with Gasteiger partial charge in [0.05, 0.1) is 0 Å². The number of anilines is 1. The van der Waals surface area contributed by atoms with Crippen molar-refractivity contribution in [3.8, 4) is 11.5 Å². The fraction of sp³-hybridized carbons (Fsp3) is 0.267. The van der Waals surface area contributed by atoms with Gasteiger partial charge in [0, 0.05) is 12.3 Å². The summed E-state index contributed by atoms with van der Waals surface area (Å²) in [6, 6.07) is 11.6. The second-order valence-corrected chi connectivity index (χ2v) is 4.37. The van der Waals surface area contributed by atoms with Crippen LogP contribution in [0, 0.1) is 0 Å². The first-order valence-electron chi connectivity index (χ1n) is 6.19. The average Bonchev–Trinajstić information content (AvgIpc) is 2.38. The van der Waals surface area contributed by atoms with Crippen molar-refractivity contribution in [2.75, 3.05) is 5.73 Å². The third-order valence-corrected chi connectivity index (χ3v) is 3.04. The summed E-state index contributed by atoms with van der Waals surface area (Å²) in [7, 11) is 0. The molecule has 0 aliphatic carbocycles. The number of ether oxygens (including phenoxy) is 1. The van der Waals surface area contributed by atoms with Crippen LogP contribution in [-0.4, -0.2) is 4.98 Å². The van der Waals surface area contributed by atoms with E-state index in [-0.39, 0.29) is 0 Å². The minimum Gasteiger partial charge on any atom is -0.457 e. The van der Waals surface area contributed by atoms with Gasteiger partial charge in [-0.25, -0.2) is 4.98 Å². The van der Waals surface area contributed by atoms with E-state index in [9.17, 15) is 0 Å². The molecule has 94 valence electrons. The zero-order valence-corrected chi connectivity index (χ0v) is 10.8. The van der Waals surface area contributed by atoms with Gasteiger partial charge in [0.25, 0.3) is 0 Å². The summed E-state index contributed by atoms with van der Waals surface area (Å²) in [6.45, 7) is 4.37. The summed E-state index contributed by atoms with van der Waals surface area (Å²) in [6.07, 6.45) is 2.73. The van der Waals surface area contributed by atoms with Gasteiger partial charge in [-0.15, -0.1) is 0 Å². The lowest BCUT2D eigenvalue weighted by molar-refractivity contribution is 0.470. The van der Waals surface area contributed by atoms with Crippen LogP contribution in [-0.2, 0) is 0 Å². The van der Waals surface area contributed by atoms with Gasteiger partial charge in [0.15, 0.2) is 0 Å². The monoisotopic (exact) mass is 242 g/mol. The lowest BCUT2D eigenvalue weighted by atomic mass is 9.98. The van der Waals surface area contributed by atoms with Gasteiger partial charge in [-0.3, -0.25) is 0 Å². The molecule has 1 heterocycles. The maximum atomic E-state index is 5.89. The Morgan fingerprint density at radius 2 is 2.06 bits per heavy atom. The fourth-order valence-corrected chi connectivity index (χ4v) is 1.82. The van der Waals surface area contributed by atoms with E-state index in [0.29, 0.717) is 11.7 Å². The van der Waals surface area contributed by atoms with Crippen LogP contribution in [0.25, 0.3) is 0 Å². The number of hydrogen-bond donors (Lipinski definition) is 1. The normalized spacial score (nSPS) is 12.1. The third kappa shape index (κ3) is 2.80. The van der Waals surface area contributed by atoms with Gasteiger partial charge in [-0.05, 0) is 30.0 Å². The van der Waals surface area contributed by atoms with Gasteiger partial charge in [-0.1, -0.05) is 32.0 Å². The molecule has 1 aromatic heterocycles. The van der Waals surface area contributed by atoms with E-state index in [1.807, 2.05) is 24.3 Å². The van der Waals surface area contributed by atoms with Gasteiger partial charge in [0.1, 0.15) is 17.3 Å². The molecule has 0 fully saturated rings. The molecule has 1 unspecified atom stereocenters. The van der Waals surface area contributed by atoms with E-state index < -0.39 is 0 Å². The van der Waals surface area contributed by atoms with Crippen LogP contribution < -0.4 is 10.5 Å². The molecule has 2 aromatic rings. The molecule has 0 saturated heterocycles. The van der Waals surface area contributed by atoms with Crippen molar-refractivity contribution in [1.82, 2.24) is 4.98 Å².